The number of hydrogen-bond acceptors (Lipinski definition) is 5. The molecule has 0 aliphatic rings. The first-order valence-electron chi connectivity index (χ1n) is 8.34. The number of amides is 2. The van der Waals surface area contributed by atoms with E-state index < -0.39 is 11.7 Å². The topological polar surface area (TPSA) is 104 Å². The molecule has 0 atom stereocenters. The highest BCUT2D eigenvalue weighted by atomic mass is 127. The molecule has 0 unspecified atom stereocenters. The van der Waals surface area contributed by atoms with Crippen LogP contribution >= 0.6 is 24.0 Å². The molecule has 0 saturated carbocycles. The van der Waals surface area contributed by atoms with Crippen molar-refractivity contribution in [2.75, 3.05) is 54.0 Å². The van der Waals surface area contributed by atoms with Gasteiger partial charge >= 0.3 is 6.09 Å². The molecule has 0 saturated heterocycles. The fraction of sp³-hybridized carbons (Fsp3) is 0.812. The number of nitrogens with zero attached hydrogens (tertiary/aromatic N) is 2. The van der Waals surface area contributed by atoms with Crippen LogP contribution in [0.1, 0.15) is 27.2 Å². The van der Waals surface area contributed by atoms with Crippen LogP contribution in [0.4, 0.5) is 4.79 Å². The van der Waals surface area contributed by atoms with Gasteiger partial charge in [0.05, 0.1) is 6.61 Å². The summed E-state index contributed by atoms with van der Waals surface area (Å²) < 4.78 is 10.1. The summed E-state index contributed by atoms with van der Waals surface area (Å²) >= 11 is 0. The van der Waals surface area contributed by atoms with E-state index in [1.807, 2.05) is 20.8 Å². The van der Waals surface area contributed by atoms with Gasteiger partial charge < -0.3 is 30.3 Å². The van der Waals surface area contributed by atoms with E-state index in [9.17, 15) is 9.59 Å². The van der Waals surface area contributed by atoms with Gasteiger partial charge in [-0.1, -0.05) is 0 Å². The van der Waals surface area contributed by atoms with Crippen molar-refractivity contribution in [3.8, 4) is 0 Å². The molecule has 0 rings (SSSR count). The second-order valence-corrected chi connectivity index (χ2v) is 6.58. The van der Waals surface area contributed by atoms with Crippen molar-refractivity contribution in [3.63, 3.8) is 0 Å². The van der Waals surface area contributed by atoms with Crippen molar-refractivity contribution in [3.05, 3.63) is 0 Å². The molecule has 0 spiro atoms. The van der Waals surface area contributed by atoms with E-state index >= 15 is 0 Å². The second-order valence-electron chi connectivity index (χ2n) is 6.58. The Hall–Kier alpha value is -1.30. The first-order chi connectivity index (χ1) is 11.7. The Balaban J connectivity index is 0. The summed E-state index contributed by atoms with van der Waals surface area (Å²) in [6.45, 7) is 7.68. The molecule has 9 nitrogen and oxygen atoms in total. The lowest BCUT2D eigenvalue weighted by atomic mass is 10.2. The Morgan fingerprint density at radius 1 is 1.04 bits per heavy atom. The van der Waals surface area contributed by atoms with E-state index in [2.05, 4.69) is 20.9 Å². The number of methoxy groups -OCH3 is 1. The average Bonchev–Trinajstić information content (AvgIpc) is 2.49. The number of carbonyl (C=O) groups is 2. The van der Waals surface area contributed by atoms with Crippen LogP contribution in [0, 0.1) is 0 Å². The zero-order valence-electron chi connectivity index (χ0n) is 16.7. The van der Waals surface area contributed by atoms with Crippen molar-refractivity contribution in [2.24, 2.45) is 4.99 Å². The first kappa shape index (κ1) is 26.9. The monoisotopic (exact) mass is 487 g/mol. The van der Waals surface area contributed by atoms with Gasteiger partial charge in [0.2, 0.25) is 5.91 Å². The van der Waals surface area contributed by atoms with Crippen LogP contribution < -0.4 is 16.0 Å². The van der Waals surface area contributed by atoms with Crippen LogP contribution in [0.3, 0.4) is 0 Å². The second kappa shape index (κ2) is 14.8. The number of carbonyl (C=O) groups excluding carboxylic acids is 2. The van der Waals surface area contributed by atoms with E-state index in [1.54, 1.807) is 21.2 Å². The Kier molecular flexibility index (Phi) is 15.4. The molecule has 0 aliphatic carbocycles. The molecule has 0 bridgehead atoms. The van der Waals surface area contributed by atoms with Crippen molar-refractivity contribution in [1.29, 1.82) is 0 Å². The zero-order chi connectivity index (χ0) is 19.3. The van der Waals surface area contributed by atoms with E-state index in [1.165, 1.54) is 4.90 Å². The van der Waals surface area contributed by atoms with Crippen molar-refractivity contribution in [2.45, 2.75) is 32.8 Å². The molecule has 0 radical (unpaired) electrons. The van der Waals surface area contributed by atoms with Crippen LogP contribution in [0.15, 0.2) is 4.99 Å². The van der Waals surface area contributed by atoms with Gasteiger partial charge in [-0.15, -0.1) is 24.0 Å². The molecule has 0 fully saturated rings. The van der Waals surface area contributed by atoms with Crippen LogP contribution in [0.5, 0.6) is 0 Å². The third kappa shape index (κ3) is 16.2. The molecule has 0 heterocycles. The fourth-order valence-corrected chi connectivity index (χ4v) is 1.53. The van der Waals surface area contributed by atoms with E-state index in [4.69, 9.17) is 9.47 Å². The molecule has 3 N–H and O–H groups in total. The highest BCUT2D eigenvalue weighted by Crippen LogP contribution is 2.06. The number of nitrogens with one attached hydrogen (secondary N) is 3. The number of rotatable bonds is 9. The van der Waals surface area contributed by atoms with Gasteiger partial charge in [0.15, 0.2) is 5.96 Å². The van der Waals surface area contributed by atoms with E-state index in [0.717, 1.165) is 0 Å². The maximum Gasteiger partial charge on any atom is 0.407 e. The number of guanidine groups is 1. The smallest absolute Gasteiger partial charge is 0.407 e. The Bertz CT molecular complexity index is 439. The number of aliphatic imine (C=N–C) groups is 1. The highest BCUT2D eigenvalue weighted by molar-refractivity contribution is 14.0. The molecule has 154 valence electrons. The van der Waals surface area contributed by atoms with Crippen molar-refractivity contribution in [1.82, 2.24) is 20.9 Å². The Morgan fingerprint density at radius 2 is 1.62 bits per heavy atom. The van der Waals surface area contributed by atoms with Crippen LogP contribution in [0.2, 0.25) is 0 Å². The normalized spacial score (nSPS) is 11.2. The fourth-order valence-electron chi connectivity index (χ4n) is 1.53. The number of halogens is 1. The predicted octanol–water partition coefficient (Wildman–Crippen LogP) is 0.789. The van der Waals surface area contributed by atoms with E-state index in [0.29, 0.717) is 38.6 Å². The standard InChI is InChI=1S/C16H33N5O4.HI/c1-16(2,3)25-15(23)19-9-7-8-17-14(18-10-11-24-6)20-12-13(22)21(4)5;/h7-12H2,1-6H3,(H,19,23)(H2,17,18,20);1H. The third-order valence-corrected chi connectivity index (χ3v) is 2.78. The van der Waals surface area contributed by atoms with Gasteiger partial charge in [-0.3, -0.25) is 4.79 Å². The molecule has 26 heavy (non-hydrogen) atoms. The minimum atomic E-state index is -0.508. The molecular formula is C16H34IN5O4. The maximum absolute atomic E-state index is 11.6. The first-order valence-corrected chi connectivity index (χ1v) is 8.34. The average molecular weight is 487 g/mol. The van der Waals surface area contributed by atoms with Gasteiger partial charge in [0, 0.05) is 40.8 Å². The minimum Gasteiger partial charge on any atom is -0.444 e. The summed E-state index contributed by atoms with van der Waals surface area (Å²) in [5.74, 6) is 0.448. The van der Waals surface area contributed by atoms with Gasteiger partial charge in [0.25, 0.3) is 0 Å². The maximum atomic E-state index is 11.6. The molecule has 0 aromatic carbocycles. The lowest BCUT2D eigenvalue weighted by Gasteiger charge is -2.19. The van der Waals surface area contributed by atoms with Gasteiger partial charge in [0.1, 0.15) is 12.1 Å². The highest BCUT2D eigenvalue weighted by Gasteiger charge is 2.15. The number of likely N-dealkylation sites (N-methyl/N-ethyl adjacent to an activating group) is 1. The Morgan fingerprint density at radius 3 is 2.15 bits per heavy atom. The SMILES string of the molecule is COCCNC(=NCC(=O)N(C)C)NCCCNC(=O)OC(C)(C)C.I. The quantitative estimate of drug-likeness (QED) is 0.192. The van der Waals surface area contributed by atoms with Crippen LogP contribution in [-0.4, -0.2) is 82.5 Å². The van der Waals surface area contributed by atoms with Crippen LogP contribution in [0.25, 0.3) is 0 Å². The molecular weight excluding hydrogens is 453 g/mol. The molecule has 0 aromatic heterocycles. The lowest BCUT2D eigenvalue weighted by molar-refractivity contribution is -0.127. The largest absolute Gasteiger partial charge is 0.444 e. The number of hydrogen-bond donors (Lipinski definition) is 3. The predicted molar refractivity (Wildman–Crippen MR) is 113 cm³/mol. The van der Waals surface area contributed by atoms with Gasteiger partial charge in [-0.05, 0) is 27.2 Å². The lowest BCUT2D eigenvalue weighted by Crippen LogP contribution is -2.41. The minimum absolute atomic E-state index is 0. The van der Waals surface area contributed by atoms with Gasteiger partial charge in [-0.2, -0.15) is 0 Å². The van der Waals surface area contributed by atoms with Crippen molar-refractivity contribution >= 4 is 41.9 Å². The summed E-state index contributed by atoms with van der Waals surface area (Å²) in [6.07, 6.45) is 0.252. The Labute approximate surface area is 173 Å². The molecule has 2 amide bonds. The van der Waals surface area contributed by atoms with Crippen LogP contribution in [-0.2, 0) is 14.3 Å². The molecule has 0 aliphatic heterocycles. The van der Waals surface area contributed by atoms with Crippen molar-refractivity contribution < 1.29 is 19.1 Å². The van der Waals surface area contributed by atoms with Gasteiger partial charge in [-0.25, -0.2) is 9.79 Å². The summed E-state index contributed by atoms with van der Waals surface area (Å²) in [4.78, 5) is 28.9. The summed E-state index contributed by atoms with van der Waals surface area (Å²) in [7, 11) is 4.99. The number of alkyl carbamates (subject to hydrolysis) is 1. The summed E-state index contributed by atoms with van der Waals surface area (Å²) in [5, 5.41) is 8.88. The summed E-state index contributed by atoms with van der Waals surface area (Å²) in [5.41, 5.74) is -0.508. The van der Waals surface area contributed by atoms with E-state index in [-0.39, 0.29) is 36.4 Å². The number of ether oxygens (including phenoxy) is 2. The molecule has 0 aromatic rings. The molecule has 10 heteroatoms. The third-order valence-electron chi connectivity index (χ3n) is 2.78. The summed E-state index contributed by atoms with van der Waals surface area (Å²) in [6, 6.07) is 0. The zero-order valence-corrected chi connectivity index (χ0v) is 19.0.